The molecule has 0 fully saturated rings. The first kappa shape index (κ1) is 17.5. The number of phenols is 1. The van der Waals surface area contributed by atoms with Gasteiger partial charge in [-0.15, -0.1) is 11.3 Å². The van der Waals surface area contributed by atoms with Crippen molar-refractivity contribution in [2.45, 2.75) is 12.8 Å². The van der Waals surface area contributed by atoms with E-state index in [2.05, 4.69) is 4.74 Å². The van der Waals surface area contributed by atoms with Crippen LogP contribution in [0.1, 0.15) is 22.5 Å². The van der Waals surface area contributed by atoms with Crippen molar-refractivity contribution in [2.24, 2.45) is 0 Å². The molecule has 1 N–H and O–H groups in total. The molecule has 0 aliphatic rings. The Balaban J connectivity index is 2.29. The molecular formula is C15H15ClO6S. The van der Waals surface area contributed by atoms with Gasteiger partial charge in [-0.05, 0) is 6.07 Å². The molecule has 2 aromatic rings. The zero-order valence-corrected chi connectivity index (χ0v) is 14.1. The van der Waals surface area contributed by atoms with Crippen molar-refractivity contribution in [3.8, 4) is 11.5 Å². The lowest BCUT2D eigenvalue weighted by atomic mass is 10.1. The number of rotatable bonds is 7. The van der Waals surface area contributed by atoms with E-state index in [9.17, 15) is 14.7 Å². The molecule has 0 radical (unpaired) electrons. The van der Waals surface area contributed by atoms with Crippen LogP contribution in [0.4, 0.5) is 0 Å². The Morgan fingerprint density at radius 2 is 2.00 bits per heavy atom. The smallest absolute Gasteiger partial charge is 0.305 e. The van der Waals surface area contributed by atoms with Gasteiger partial charge in [0.2, 0.25) is 0 Å². The number of halogens is 1. The minimum atomic E-state index is -0.439. The maximum absolute atomic E-state index is 12.1. The number of thiophene rings is 1. The highest BCUT2D eigenvalue weighted by molar-refractivity contribution is 7.21. The Hall–Kier alpha value is -1.83. The number of benzene rings is 1. The Morgan fingerprint density at radius 1 is 1.26 bits per heavy atom. The number of Topliss-reactive ketones (excluding diaryl/α,β-unsaturated/α-hetero) is 1. The van der Waals surface area contributed by atoms with Crippen molar-refractivity contribution in [1.29, 1.82) is 0 Å². The predicted molar refractivity (Wildman–Crippen MR) is 86.6 cm³/mol. The third kappa shape index (κ3) is 3.93. The SMILES string of the molecule is COCOc1cc2sc(C(=O)CCC(=O)OC)cc2c(Cl)c1O. The van der Waals surface area contributed by atoms with Crippen LogP contribution in [0, 0.1) is 0 Å². The van der Waals surface area contributed by atoms with E-state index < -0.39 is 5.97 Å². The molecule has 0 aliphatic heterocycles. The quantitative estimate of drug-likeness (QED) is 0.464. The first-order valence-electron chi connectivity index (χ1n) is 6.64. The van der Waals surface area contributed by atoms with E-state index in [1.165, 1.54) is 25.6 Å². The lowest BCUT2D eigenvalue weighted by Gasteiger charge is -2.08. The molecule has 23 heavy (non-hydrogen) atoms. The third-order valence-electron chi connectivity index (χ3n) is 3.09. The largest absolute Gasteiger partial charge is 0.503 e. The van der Waals surface area contributed by atoms with Crippen LogP contribution in [0.25, 0.3) is 10.1 Å². The third-order valence-corrected chi connectivity index (χ3v) is 4.60. The van der Waals surface area contributed by atoms with Crippen molar-refractivity contribution >= 4 is 44.8 Å². The van der Waals surface area contributed by atoms with Crippen LogP contribution in [0.5, 0.6) is 11.5 Å². The van der Waals surface area contributed by atoms with E-state index in [0.29, 0.717) is 15.0 Å². The number of ketones is 1. The molecule has 8 heteroatoms. The predicted octanol–water partition coefficient (Wildman–Crippen LogP) is 3.38. The number of hydrogen-bond acceptors (Lipinski definition) is 7. The van der Waals surface area contributed by atoms with Gasteiger partial charge in [0, 0.05) is 29.7 Å². The lowest BCUT2D eigenvalue weighted by molar-refractivity contribution is -0.140. The molecular weight excluding hydrogens is 344 g/mol. The van der Waals surface area contributed by atoms with Crippen LogP contribution in [0.3, 0.4) is 0 Å². The van der Waals surface area contributed by atoms with Crippen LogP contribution in [0.2, 0.25) is 5.02 Å². The minimum Gasteiger partial charge on any atom is -0.503 e. The lowest BCUT2D eigenvalue weighted by Crippen LogP contribution is -2.04. The molecule has 1 aromatic carbocycles. The molecule has 0 amide bonds. The number of esters is 1. The summed E-state index contributed by atoms with van der Waals surface area (Å²) in [4.78, 5) is 23.7. The zero-order chi connectivity index (χ0) is 17.0. The van der Waals surface area contributed by atoms with Gasteiger partial charge in [-0.3, -0.25) is 9.59 Å². The normalized spacial score (nSPS) is 10.7. The first-order chi connectivity index (χ1) is 11.0. The molecule has 1 aromatic heterocycles. The molecule has 0 spiro atoms. The van der Waals surface area contributed by atoms with E-state index in [-0.39, 0.29) is 41.9 Å². The van der Waals surface area contributed by atoms with Crippen molar-refractivity contribution in [3.63, 3.8) is 0 Å². The van der Waals surface area contributed by atoms with Gasteiger partial charge in [-0.25, -0.2) is 0 Å². The molecule has 0 bridgehead atoms. The second-order valence-electron chi connectivity index (χ2n) is 4.61. The summed E-state index contributed by atoms with van der Waals surface area (Å²) in [5, 5.41) is 10.7. The fourth-order valence-electron chi connectivity index (χ4n) is 1.92. The van der Waals surface area contributed by atoms with Gasteiger partial charge in [-0.1, -0.05) is 11.6 Å². The van der Waals surface area contributed by atoms with Crippen molar-refractivity contribution in [2.75, 3.05) is 21.0 Å². The second-order valence-corrected chi connectivity index (χ2v) is 6.07. The highest BCUT2D eigenvalue weighted by Gasteiger charge is 2.18. The number of fused-ring (bicyclic) bond motifs is 1. The van der Waals surface area contributed by atoms with Gasteiger partial charge in [0.1, 0.15) is 0 Å². The summed E-state index contributed by atoms with van der Waals surface area (Å²) in [6.45, 7) is -0.0360. The number of phenolic OH excluding ortho intramolecular Hbond substituents is 1. The van der Waals surface area contributed by atoms with Crippen molar-refractivity contribution in [3.05, 3.63) is 22.0 Å². The van der Waals surface area contributed by atoms with Crippen LogP contribution in [-0.4, -0.2) is 37.9 Å². The summed E-state index contributed by atoms with van der Waals surface area (Å²) in [5.41, 5.74) is 0. The molecule has 0 unspecified atom stereocenters. The van der Waals surface area contributed by atoms with Gasteiger partial charge in [0.05, 0.1) is 23.4 Å². The van der Waals surface area contributed by atoms with Gasteiger partial charge in [-0.2, -0.15) is 0 Å². The minimum absolute atomic E-state index is 0.0186. The number of aromatic hydroxyl groups is 1. The number of methoxy groups -OCH3 is 2. The summed E-state index contributed by atoms with van der Waals surface area (Å²) in [5.74, 6) is -0.653. The van der Waals surface area contributed by atoms with E-state index in [4.69, 9.17) is 21.1 Å². The Bertz CT molecular complexity index is 739. The van der Waals surface area contributed by atoms with E-state index >= 15 is 0 Å². The highest BCUT2D eigenvalue weighted by atomic mass is 35.5. The van der Waals surface area contributed by atoms with E-state index in [1.54, 1.807) is 12.1 Å². The average Bonchev–Trinajstić information content (AvgIpc) is 2.98. The van der Waals surface area contributed by atoms with Gasteiger partial charge in [0.15, 0.2) is 24.1 Å². The number of hydrogen-bond donors (Lipinski definition) is 1. The Morgan fingerprint density at radius 3 is 2.65 bits per heavy atom. The van der Waals surface area contributed by atoms with Gasteiger partial charge in [0.25, 0.3) is 0 Å². The maximum atomic E-state index is 12.1. The summed E-state index contributed by atoms with van der Waals surface area (Å²) in [6, 6.07) is 3.19. The van der Waals surface area contributed by atoms with Crippen LogP contribution in [0.15, 0.2) is 12.1 Å². The fourth-order valence-corrected chi connectivity index (χ4v) is 3.29. The molecule has 6 nitrogen and oxygen atoms in total. The van der Waals surface area contributed by atoms with Gasteiger partial charge < -0.3 is 19.3 Å². The second kappa shape index (κ2) is 7.63. The fraction of sp³-hybridized carbons (Fsp3) is 0.333. The molecule has 2 rings (SSSR count). The zero-order valence-electron chi connectivity index (χ0n) is 12.6. The summed E-state index contributed by atoms with van der Waals surface area (Å²) in [7, 11) is 2.73. The number of carbonyl (C=O) groups excluding carboxylic acids is 2. The molecule has 0 atom stereocenters. The topological polar surface area (TPSA) is 82.1 Å². The van der Waals surface area contributed by atoms with Crippen LogP contribution < -0.4 is 4.74 Å². The summed E-state index contributed by atoms with van der Waals surface area (Å²) in [6.07, 6.45) is 0.0703. The summed E-state index contributed by atoms with van der Waals surface area (Å²) < 4.78 is 15.2. The van der Waals surface area contributed by atoms with Crippen LogP contribution >= 0.6 is 22.9 Å². The van der Waals surface area contributed by atoms with E-state index in [1.807, 2.05) is 0 Å². The molecule has 0 aliphatic carbocycles. The molecule has 0 saturated carbocycles. The molecule has 124 valence electrons. The summed E-state index contributed by atoms with van der Waals surface area (Å²) >= 11 is 7.35. The maximum Gasteiger partial charge on any atom is 0.305 e. The monoisotopic (exact) mass is 358 g/mol. The number of carbonyl (C=O) groups is 2. The first-order valence-corrected chi connectivity index (χ1v) is 7.84. The highest BCUT2D eigenvalue weighted by Crippen LogP contribution is 2.43. The van der Waals surface area contributed by atoms with Gasteiger partial charge >= 0.3 is 5.97 Å². The average molecular weight is 359 g/mol. The Kier molecular flexibility index (Phi) is 5.81. The number of ether oxygens (including phenoxy) is 3. The Labute approximate surface area is 141 Å². The van der Waals surface area contributed by atoms with E-state index in [0.717, 1.165) is 0 Å². The molecule has 0 saturated heterocycles. The van der Waals surface area contributed by atoms with Crippen LogP contribution in [-0.2, 0) is 14.3 Å². The van der Waals surface area contributed by atoms with Crippen molar-refractivity contribution < 1.29 is 28.9 Å². The van der Waals surface area contributed by atoms with Crippen molar-refractivity contribution in [1.82, 2.24) is 0 Å². The standard InChI is InChI=1S/C15H15ClO6S/c1-20-7-22-10-6-11-8(14(16)15(10)19)5-12(23-11)9(17)3-4-13(18)21-2/h5-6,19H,3-4,7H2,1-2H3. The molecule has 1 heterocycles.